The van der Waals surface area contributed by atoms with Crippen molar-refractivity contribution in [2.45, 2.75) is 84.0 Å². The highest BCUT2D eigenvalue weighted by atomic mass is 32.2. The Labute approximate surface area is 547 Å². The number of Topliss-reactive ketones (excluding diaryl/α,β-unsaturated/α-hetero) is 2. The number of aliphatic carboxylic acids is 8. The van der Waals surface area contributed by atoms with Crippen LogP contribution in [-0.2, 0) is 70.5 Å². The molecule has 0 radical (unpaired) electrons. The second kappa shape index (κ2) is 47.9. The molecule has 0 aliphatic rings. The molecular formula is C63H75N11O20S. The van der Waals surface area contributed by atoms with Crippen LogP contribution in [0.3, 0.4) is 0 Å². The number of aryl methyl sites for hydroxylation is 5. The lowest BCUT2D eigenvalue weighted by atomic mass is 10.1. The minimum absolute atomic E-state index is 0.0936. The Morgan fingerprint density at radius 1 is 0.463 bits per heavy atom. The van der Waals surface area contributed by atoms with Gasteiger partial charge in [-0.3, -0.25) is 9.59 Å². The van der Waals surface area contributed by atoms with E-state index in [1.54, 1.807) is 57.8 Å². The monoisotopic (exact) mass is 1340 g/mol. The first kappa shape index (κ1) is 81.1. The van der Waals surface area contributed by atoms with E-state index >= 15 is 0 Å². The van der Waals surface area contributed by atoms with Crippen LogP contribution in [0.2, 0.25) is 0 Å². The summed E-state index contributed by atoms with van der Waals surface area (Å²) in [5.41, 5.74) is 11.1. The van der Waals surface area contributed by atoms with Gasteiger partial charge in [-0.25, -0.2) is 58.3 Å². The van der Waals surface area contributed by atoms with Gasteiger partial charge in [0.2, 0.25) is 0 Å². The highest BCUT2D eigenvalue weighted by Crippen LogP contribution is 2.21. The molecule has 0 amide bonds. The highest BCUT2D eigenvalue weighted by molar-refractivity contribution is 7.99. The van der Waals surface area contributed by atoms with Gasteiger partial charge in [0.15, 0.2) is 11.6 Å². The third kappa shape index (κ3) is 39.7. The summed E-state index contributed by atoms with van der Waals surface area (Å²) < 4.78 is 5.67. The van der Waals surface area contributed by atoms with Crippen LogP contribution in [0.4, 0.5) is 11.4 Å². The lowest BCUT2D eigenvalue weighted by Crippen LogP contribution is -2.09. The number of carbonyl (C=O) groups is 10. The van der Waals surface area contributed by atoms with Gasteiger partial charge in [0, 0.05) is 99.4 Å². The van der Waals surface area contributed by atoms with Crippen LogP contribution in [0.25, 0.3) is 0 Å². The third-order valence-corrected chi connectivity index (χ3v) is 12.6. The van der Waals surface area contributed by atoms with Crippen LogP contribution in [0.5, 0.6) is 5.75 Å². The van der Waals surface area contributed by atoms with Crippen molar-refractivity contribution in [1.29, 1.82) is 0 Å². The fourth-order valence-electron chi connectivity index (χ4n) is 6.86. The van der Waals surface area contributed by atoms with Gasteiger partial charge < -0.3 is 81.4 Å². The van der Waals surface area contributed by atoms with Crippen molar-refractivity contribution in [2.75, 3.05) is 36.1 Å². The molecule has 8 aromatic rings. The summed E-state index contributed by atoms with van der Waals surface area (Å²) in [4.78, 5) is 125. The van der Waals surface area contributed by atoms with Crippen LogP contribution in [0.1, 0.15) is 102 Å². The molecule has 0 spiro atoms. The first-order chi connectivity index (χ1) is 45.3. The van der Waals surface area contributed by atoms with E-state index in [0.29, 0.717) is 12.3 Å². The molecule has 8 rings (SSSR count). The lowest BCUT2D eigenvalue weighted by Gasteiger charge is -2.07. The Morgan fingerprint density at radius 3 is 1.24 bits per heavy atom. The van der Waals surface area contributed by atoms with E-state index < -0.39 is 47.8 Å². The number of aromatic nitrogens is 8. The second-order valence-corrected chi connectivity index (χ2v) is 20.0. The largest absolute Gasteiger partial charge is 0.494 e. The standard InChI is InChI=1S/C14H17N3O2.C14H17N3O.C14H19N3.C13H14N2OS.4C2H2O4/c1-11(17-18)12-4-2-6-14(8-12)19-7-3-5-13-9-15-10-16-13;1-11(18)12-4-2-5-13(8-12)16-7-3-6-14-9-15-10-17-14;1-2-12-5-3-6-13(9-12)16-8-4-7-14-10-15-11-17-14;1-10(16)11-3-2-4-13(7-11)17-6-5-12-8-14-9-15-12;4*3-1(4)2(5)6/h2,4,6,8-10,18H,3,5,7H2,1H3,(H,15,16);2,4-5,8-10,16H,3,6-7H2,1H3,(H,15,17);3,5-6,9-11,16H,2,4,7-8H2,1H3,(H,15,17);2-4,7-9H,5-6H2,1H3,(H,14,15);4*(H,3,4)(H,5,6). The van der Waals surface area contributed by atoms with Crippen molar-refractivity contribution in [3.63, 3.8) is 0 Å². The molecule has 508 valence electrons. The minimum atomic E-state index is -1.82. The van der Waals surface area contributed by atoms with Crippen molar-refractivity contribution in [1.82, 2.24) is 39.9 Å². The molecule has 4 aromatic heterocycles. The number of carboxylic acids is 8. The van der Waals surface area contributed by atoms with Crippen LogP contribution in [-0.4, -0.2) is 176 Å². The van der Waals surface area contributed by atoms with Crippen molar-refractivity contribution in [3.8, 4) is 5.75 Å². The molecule has 4 heterocycles. The normalized spacial score (nSPS) is 9.83. The number of imidazole rings is 4. The highest BCUT2D eigenvalue weighted by Gasteiger charge is 2.08. The number of ether oxygens (including phenoxy) is 1. The molecule has 0 aliphatic heterocycles. The number of aromatic amines is 4. The molecule has 15 N–H and O–H groups in total. The summed E-state index contributed by atoms with van der Waals surface area (Å²) in [5, 5.41) is 77.8. The smallest absolute Gasteiger partial charge is 0.414 e. The molecule has 95 heavy (non-hydrogen) atoms. The number of carboxylic acid groups (broad SMARTS) is 8. The maximum absolute atomic E-state index is 11.2. The molecule has 32 heteroatoms. The summed E-state index contributed by atoms with van der Waals surface area (Å²) in [6.07, 6.45) is 22.2. The average Bonchev–Trinajstić information content (AvgIpc) is 2.29. The minimum Gasteiger partial charge on any atom is -0.494 e. The Balaban J connectivity index is 0.000000568. The summed E-state index contributed by atoms with van der Waals surface area (Å²) in [6.45, 7) is 9.60. The van der Waals surface area contributed by atoms with Gasteiger partial charge >= 0.3 is 47.8 Å². The number of hydrogen-bond donors (Lipinski definition) is 15. The molecule has 0 saturated carbocycles. The third-order valence-electron chi connectivity index (χ3n) is 11.6. The zero-order valence-corrected chi connectivity index (χ0v) is 52.8. The fourth-order valence-corrected chi connectivity index (χ4v) is 7.81. The number of hydrogen-bond acceptors (Lipinski definition) is 20. The number of nitrogens with one attached hydrogen (secondary N) is 6. The molecule has 0 unspecified atom stereocenters. The first-order valence-electron chi connectivity index (χ1n) is 28.3. The molecule has 0 bridgehead atoms. The first-order valence-corrected chi connectivity index (χ1v) is 29.3. The zero-order valence-electron chi connectivity index (χ0n) is 52.0. The Morgan fingerprint density at radius 2 is 0.842 bits per heavy atom. The maximum Gasteiger partial charge on any atom is 0.414 e. The molecule has 31 nitrogen and oxygen atoms in total. The Kier molecular flexibility index (Phi) is 40.9. The average molecular weight is 1340 g/mol. The van der Waals surface area contributed by atoms with E-state index in [9.17, 15) is 9.59 Å². The van der Waals surface area contributed by atoms with Gasteiger partial charge in [0.05, 0.1) is 37.6 Å². The van der Waals surface area contributed by atoms with Crippen LogP contribution < -0.4 is 15.4 Å². The molecular weight excluding hydrogens is 1260 g/mol. The van der Waals surface area contributed by atoms with Gasteiger partial charge in [0.1, 0.15) is 5.75 Å². The zero-order chi connectivity index (χ0) is 70.9. The van der Waals surface area contributed by atoms with Crippen molar-refractivity contribution >= 4 is 88.2 Å². The number of benzene rings is 4. The number of nitrogens with zero attached hydrogens (tertiary/aromatic N) is 5. The SMILES string of the molecule is CC(=NO)c1cccc(OCCCc2cnc[nH]2)c1.CC(=O)c1cccc(NCCCc2cnc[nH]2)c1.CC(=O)c1cccc(SCCc2cnc[nH]2)c1.CCc1cccc(NCCCc2cnc[nH]2)c1.O=C(O)C(=O)O.O=C(O)C(=O)O.O=C(O)C(=O)O.O=C(O)C(=O)O. The van der Waals surface area contributed by atoms with Crippen molar-refractivity contribution in [2.24, 2.45) is 5.16 Å². The van der Waals surface area contributed by atoms with Crippen LogP contribution >= 0.6 is 11.8 Å². The van der Waals surface area contributed by atoms with E-state index in [-0.39, 0.29) is 11.6 Å². The van der Waals surface area contributed by atoms with E-state index in [2.05, 4.69) is 86.9 Å². The predicted molar refractivity (Wildman–Crippen MR) is 346 cm³/mol. The topological polar surface area (TPSA) is 513 Å². The van der Waals surface area contributed by atoms with E-state index in [4.69, 9.17) is 89.2 Å². The fraction of sp³-hybridized carbons (Fsp3) is 0.254. The van der Waals surface area contributed by atoms with E-state index in [1.165, 1.54) is 16.9 Å². The van der Waals surface area contributed by atoms with Gasteiger partial charge in [-0.15, -0.1) is 11.8 Å². The molecule has 0 fully saturated rings. The summed E-state index contributed by atoms with van der Waals surface area (Å²) in [5.74, 6) is -12.6. The summed E-state index contributed by atoms with van der Waals surface area (Å²) >= 11 is 1.75. The quantitative estimate of drug-likeness (QED) is 0.00551. The summed E-state index contributed by atoms with van der Waals surface area (Å²) in [7, 11) is 0. The molecule has 0 saturated heterocycles. The van der Waals surface area contributed by atoms with Gasteiger partial charge in [0.25, 0.3) is 0 Å². The number of ketones is 2. The van der Waals surface area contributed by atoms with E-state index in [1.807, 2.05) is 97.6 Å². The summed E-state index contributed by atoms with van der Waals surface area (Å²) in [6, 6.07) is 31.5. The van der Waals surface area contributed by atoms with Gasteiger partial charge in [-0.05, 0) is 126 Å². The Bertz CT molecular complexity index is 3480. The predicted octanol–water partition coefficient (Wildman–Crippen LogP) is 7.86. The van der Waals surface area contributed by atoms with Crippen molar-refractivity contribution < 1.29 is 98.7 Å². The Hall–Kier alpha value is -12.0. The number of carbonyl (C=O) groups excluding carboxylic acids is 2. The van der Waals surface area contributed by atoms with Crippen LogP contribution in [0, 0.1) is 0 Å². The lowest BCUT2D eigenvalue weighted by molar-refractivity contribution is -0.159. The maximum atomic E-state index is 11.2. The molecule has 4 aromatic carbocycles. The second-order valence-electron chi connectivity index (χ2n) is 18.8. The van der Waals surface area contributed by atoms with E-state index in [0.717, 1.165) is 120 Å². The number of thioether (sulfide) groups is 1. The van der Waals surface area contributed by atoms with Crippen LogP contribution in [0.15, 0.2) is 157 Å². The number of anilines is 2. The number of oxime groups is 1. The number of rotatable bonds is 23. The van der Waals surface area contributed by atoms with Gasteiger partial charge in [-0.1, -0.05) is 60.6 Å². The van der Waals surface area contributed by atoms with Gasteiger partial charge in [-0.2, -0.15) is 0 Å². The molecule has 0 aliphatic carbocycles. The van der Waals surface area contributed by atoms with Crippen molar-refractivity contribution in [3.05, 3.63) is 192 Å². The molecule has 0 atom stereocenters. The number of H-pyrrole nitrogens is 4.